The van der Waals surface area contributed by atoms with Crippen molar-refractivity contribution in [1.82, 2.24) is 4.57 Å². The van der Waals surface area contributed by atoms with Gasteiger partial charge in [-0.15, -0.1) is 11.3 Å². The van der Waals surface area contributed by atoms with Crippen molar-refractivity contribution in [3.8, 4) is 16.8 Å². The molecule has 46 heavy (non-hydrogen) atoms. The molecule has 0 saturated carbocycles. The van der Waals surface area contributed by atoms with Crippen LogP contribution < -0.4 is 0 Å². The Kier molecular flexibility index (Phi) is 4.72. The Morgan fingerprint density at radius 2 is 1.11 bits per heavy atom. The smallest absolute Gasteiger partial charge is 0.159 e. The number of aromatic nitrogens is 1. The SMILES string of the molecule is c1ccc2c(c1)oc1cccc(-c3ccc4sc5ccc6oc7c(-n8c9ccccc9c9ccccc98)cccc7c6c5c4c3)c12. The number of thiophene rings is 1. The van der Waals surface area contributed by atoms with E-state index < -0.39 is 0 Å². The van der Waals surface area contributed by atoms with Gasteiger partial charge in [0.05, 0.1) is 16.7 Å². The van der Waals surface area contributed by atoms with Crippen LogP contribution in [0.25, 0.3) is 103 Å². The summed E-state index contributed by atoms with van der Waals surface area (Å²) in [6, 6.07) is 49.7. The van der Waals surface area contributed by atoms with Crippen LogP contribution in [0.4, 0.5) is 0 Å². The van der Waals surface area contributed by atoms with Crippen LogP contribution in [0.3, 0.4) is 0 Å². The molecule has 0 aliphatic rings. The van der Waals surface area contributed by atoms with E-state index in [9.17, 15) is 0 Å². The minimum absolute atomic E-state index is 0.904. The highest BCUT2D eigenvalue weighted by Gasteiger charge is 2.21. The van der Waals surface area contributed by atoms with Gasteiger partial charge in [-0.1, -0.05) is 84.9 Å². The lowest BCUT2D eigenvalue weighted by atomic mass is 9.97. The number of para-hydroxylation sites is 4. The lowest BCUT2D eigenvalue weighted by molar-refractivity contribution is 0.666. The average molecular weight is 606 g/mol. The summed E-state index contributed by atoms with van der Waals surface area (Å²) < 4.78 is 17.9. The predicted molar refractivity (Wildman–Crippen MR) is 194 cm³/mol. The zero-order valence-corrected chi connectivity index (χ0v) is 25.3. The molecule has 0 radical (unpaired) electrons. The number of hydrogen-bond acceptors (Lipinski definition) is 3. The molecule has 0 unspecified atom stereocenters. The van der Waals surface area contributed by atoms with E-state index in [2.05, 4.69) is 132 Å². The maximum absolute atomic E-state index is 6.81. The molecule has 0 saturated heterocycles. The summed E-state index contributed by atoms with van der Waals surface area (Å²) in [5, 5.41) is 9.59. The fourth-order valence-corrected chi connectivity index (χ4v) is 8.78. The number of furan rings is 2. The molecule has 7 aromatic carbocycles. The molecular weight excluding hydrogens is 583 g/mol. The summed E-state index contributed by atoms with van der Waals surface area (Å²) in [5.41, 5.74) is 9.40. The molecule has 4 heteroatoms. The fraction of sp³-hybridized carbons (Fsp3) is 0. The van der Waals surface area contributed by atoms with Gasteiger partial charge in [0.2, 0.25) is 0 Å². The third kappa shape index (κ3) is 3.16. The molecule has 0 fully saturated rings. The number of benzene rings is 7. The molecule has 214 valence electrons. The van der Waals surface area contributed by atoms with Crippen LogP contribution in [0, 0.1) is 0 Å². The van der Waals surface area contributed by atoms with Crippen LogP contribution in [0.5, 0.6) is 0 Å². The molecule has 0 aliphatic carbocycles. The monoisotopic (exact) mass is 605 g/mol. The van der Waals surface area contributed by atoms with Crippen LogP contribution >= 0.6 is 11.3 Å². The highest BCUT2D eigenvalue weighted by molar-refractivity contribution is 7.26. The standard InChI is InChI=1S/C42H23NO2S/c1-4-14-31-26(9-1)27-10-2-5-15-32(27)43(31)33-16-7-13-29-40-36(45-42(29)33)20-22-38-41(40)30-23-24(19-21-37(30)46-38)25-12-8-18-35-39(25)28-11-3-6-17-34(28)44-35/h1-23H. The lowest BCUT2D eigenvalue weighted by Crippen LogP contribution is -1.93. The van der Waals surface area contributed by atoms with E-state index in [0.29, 0.717) is 0 Å². The van der Waals surface area contributed by atoms with Crippen molar-refractivity contribution >= 4 is 97.2 Å². The molecule has 11 aromatic rings. The molecule has 0 N–H and O–H groups in total. The van der Waals surface area contributed by atoms with Crippen molar-refractivity contribution in [2.45, 2.75) is 0 Å². The van der Waals surface area contributed by atoms with E-state index in [-0.39, 0.29) is 0 Å². The second-order valence-electron chi connectivity index (χ2n) is 12.0. The molecule has 11 rings (SSSR count). The first-order chi connectivity index (χ1) is 22.8. The van der Waals surface area contributed by atoms with E-state index in [1.165, 1.54) is 58.5 Å². The van der Waals surface area contributed by atoms with Gasteiger partial charge in [0.25, 0.3) is 0 Å². The van der Waals surface area contributed by atoms with Crippen molar-refractivity contribution in [1.29, 1.82) is 0 Å². The van der Waals surface area contributed by atoms with Gasteiger partial charge >= 0.3 is 0 Å². The summed E-state index contributed by atoms with van der Waals surface area (Å²) in [6.07, 6.45) is 0. The normalized spacial score (nSPS) is 12.3. The van der Waals surface area contributed by atoms with Crippen molar-refractivity contribution in [3.05, 3.63) is 140 Å². The fourth-order valence-electron chi connectivity index (χ4n) is 7.68. The number of rotatable bonds is 2. The van der Waals surface area contributed by atoms with E-state index in [1.54, 1.807) is 0 Å². The molecule has 0 aliphatic heterocycles. The van der Waals surface area contributed by atoms with E-state index in [4.69, 9.17) is 8.83 Å². The van der Waals surface area contributed by atoms with Crippen LogP contribution in [-0.4, -0.2) is 4.57 Å². The summed E-state index contributed by atoms with van der Waals surface area (Å²) in [5.74, 6) is 0. The van der Waals surface area contributed by atoms with Crippen LogP contribution in [0.15, 0.2) is 148 Å². The Morgan fingerprint density at radius 3 is 1.96 bits per heavy atom. The molecular formula is C42H23NO2S. The highest BCUT2D eigenvalue weighted by Crippen LogP contribution is 2.46. The van der Waals surface area contributed by atoms with Crippen molar-refractivity contribution < 1.29 is 8.83 Å². The van der Waals surface area contributed by atoms with Gasteiger partial charge < -0.3 is 13.4 Å². The summed E-state index contributed by atoms with van der Waals surface area (Å²) in [7, 11) is 0. The largest absolute Gasteiger partial charge is 0.456 e. The third-order valence-electron chi connectivity index (χ3n) is 9.61. The average Bonchev–Trinajstić information content (AvgIpc) is 3.86. The summed E-state index contributed by atoms with van der Waals surface area (Å²) in [6.45, 7) is 0. The minimum Gasteiger partial charge on any atom is -0.456 e. The Balaban J connectivity index is 1.21. The molecule has 0 bridgehead atoms. The first-order valence-electron chi connectivity index (χ1n) is 15.5. The second kappa shape index (κ2) is 8.87. The van der Waals surface area contributed by atoms with E-state index >= 15 is 0 Å². The first kappa shape index (κ1) is 24.5. The minimum atomic E-state index is 0.904. The maximum atomic E-state index is 6.81. The molecule has 3 nitrogen and oxygen atoms in total. The summed E-state index contributed by atoms with van der Waals surface area (Å²) >= 11 is 1.84. The maximum Gasteiger partial charge on any atom is 0.159 e. The van der Waals surface area contributed by atoms with Crippen LogP contribution in [-0.2, 0) is 0 Å². The number of fused-ring (bicyclic) bond motifs is 13. The third-order valence-corrected chi connectivity index (χ3v) is 10.7. The Morgan fingerprint density at radius 1 is 0.435 bits per heavy atom. The van der Waals surface area contributed by atoms with Crippen molar-refractivity contribution in [2.75, 3.05) is 0 Å². The lowest BCUT2D eigenvalue weighted by Gasteiger charge is -2.08. The van der Waals surface area contributed by atoms with Crippen molar-refractivity contribution in [2.24, 2.45) is 0 Å². The van der Waals surface area contributed by atoms with Gasteiger partial charge in [0.15, 0.2) is 5.58 Å². The highest BCUT2D eigenvalue weighted by atomic mass is 32.1. The van der Waals surface area contributed by atoms with Gasteiger partial charge in [-0.05, 0) is 65.7 Å². The van der Waals surface area contributed by atoms with Gasteiger partial charge in [-0.25, -0.2) is 0 Å². The Hall–Kier alpha value is -5.84. The quantitative estimate of drug-likeness (QED) is 0.196. The molecule has 4 heterocycles. The van der Waals surface area contributed by atoms with E-state index in [1.807, 2.05) is 23.5 Å². The Bertz CT molecular complexity index is 2990. The molecule has 0 atom stereocenters. The zero-order valence-electron chi connectivity index (χ0n) is 24.5. The van der Waals surface area contributed by atoms with E-state index in [0.717, 1.165) is 44.2 Å². The van der Waals surface area contributed by atoms with Gasteiger partial charge in [0.1, 0.15) is 16.7 Å². The zero-order chi connectivity index (χ0) is 29.9. The topological polar surface area (TPSA) is 31.2 Å². The summed E-state index contributed by atoms with van der Waals surface area (Å²) in [4.78, 5) is 0. The predicted octanol–water partition coefficient (Wildman–Crippen LogP) is 12.6. The van der Waals surface area contributed by atoms with Gasteiger partial charge in [-0.3, -0.25) is 0 Å². The Labute approximate surface area is 266 Å². The first-order valence-corrected chi connectivity index (χ1v) is 16.3. The molecule has 0 amide bonds. The van der Waals surface area contributed by atoms with Crippen LogP contribution in [0.2, 0.25) is 0 Å². The number of nitrogens with zero attached hydrogens (tertiary/aromatic N) is 1. The number of hydrogen-bond donors (Lipinski definition) is 0. The molecule has 0 spiro atoms. The van der Waals surface area contributed by atoms with Crippen molar-refractivity contribution in [3.63, 3.8) is 0 Å². The second-order valence-corrected chi connectivity index (χ2v) is 13.1. The molecule has 4 aromatic heterocycles. The van der Waals surface area contributed by atoms with Gasteiger partial charge in [-0.2, -0.15) is 0 Å². The van der Waals surface area contributed by atoms with Gasteiger partial charge in [0, 0.05) is 52.5 Å². The van der Waals surface area contributed by atoms with Crippen LogP contribution in [0.1, 0.15) is 0 Å².